The molecule has 2 aromatic carbocycles. The van der Waals surface area contributed by atoms with Crippen molar-refractivity contribution in [2.75, 3.05) is 29.9 Å². The highest BCUT2D eigenvalue weighted by atomic mass is 16.5. The van der Waals surface area contributed by atoms with Crippen molar-refractivity contribution in [3.05, 3.63) is 59.2 Å². The maximum Gasteiger partial charge on any atom is 0.328 e. The quantitative estimate of drug-likeness (QED) is 0.475. The Morgan fingerprint density at radius 1 is 0.935 bits per heavy atom. The number of anilines is 2. The zero-order valence-corrected chi connectivity index (χ0v) is 18.9. The highest BCUT2D eigenvalue weighted by Crippen LogP contribution is 2.24. The summed E-state index contributed by atoms with van der Waals surface area (Å²) in [7, 11) is 0. The summed E-state index contributed by atoms with van der Waals surface area (Å²) in [5.41, 5.74) is 4.31. The molecule has 0 atom stereocenters. The van der Waals surface area contributed by atoms with E-state index in [1.165, 1.54) is 0 Å². The van der Waals surface area contributed by atoms with Gasteiger partial charge >= 0.3 is 6.01 Å². The molecule has 0 aliphatic heterocycles. The Morgan fingerprint density at radius 2 is 1.61 bits per heavy atom. The fourth-order valence-corrected chi connectivity index (χ4v) is 3.15. The molecule has 0 aliphatic carbocycles. The number of hydrogen-bond acceptors (Lipinski definition) is 7. The fraction of sp³-hybridized carbons (Fsp3) is 0.333. The first kappa shape index (κ1) is 22.2. The van der Waals surface area contributed by atoms with Gasteiger partial charge in [-0.1, -0.05) is 18.2 Å². The van der Waals surface area contributed by atoms with E-state index in [4.69, 9.17) is 4.74 Å². The Morgan fingerprint density at radius 3 is 2.23 bits per heavy atom. The van der Waals surface area contributed by atoms with Crippen LogP contribution < -0.4 is 15.0 Å². The van der Waals surface area contributed by atoms with Crippen LogP contribution in [0.4, 0.5) is 17.6 Å². The lowest BCUT2D eigenvalue weighted by atomic mass is 10.1. The minimum absolute atomic E-state index is 0.268. The van der Waals surface area contributed by atoms with Gasteiger partial charge in [-0.25, -0.2) is 0 Å². The van der Waals surface area contributed by atoms with Crippen LogP contribution in [0.2, 0.25) is 0 Å². The molecule has 31 heavy (non-hydrogen) atoms. The fourth-order valence-electron chi connectivity index (χ4n) is 3.15. The summed E-state index contributed by atoms with van der Waals surface area (Å²) < 4.78 is 5.93. The van der Waals surface area contributed by atoms with Crippen LogP contribution in [0.3, 0.4) is 0 Å². The topological polar surface area (TPSA) is 75.5 Å². The first-order valence-corrected chi connectivity index (χ1v) is 10.7. The van der Waals surface area contributed by atoms with Crippen LogP contribution in [0, 0.1) is 13.8 Å². The summed E-state index contributed by atoms with van der Waals surface area (Å²) in [6.07, 6.45) is 1.86. The van der Waals surface area contributed by atoms with Crippen LogP contribution in [-0.2, 0) is 0 Å². The second-order valence-corrected chi connectivity index (χ2v) is 7.11. The van der Waals surface area contributed by atoms with Gasteiger partial charge in [0.2, 0.25) is 11.9 Å². The van der Waals surface area contributed by atoms with Gasteiger partial charge in [-0.3, -0.25) is 4.99 Å². The maximum absolute atomic E-state index is 5.93. The van der Waals surface area contributed by atoms with Crippen molar-refractivity contribution in [2.45, 2.75) is 34.6 Å². The smallest absolute Gasteiger partial charge is 0.328 e. The van der Waals surface area contributed by atoms with E-state index in [1.807, 2.05) is 43.5 Å². The Balaban J connectivity index is 1.78. The number of nitrogens with one attached hydrogen (secondary N) is 1. The predicted octanol–water partition coefficient (Wildman–Crippen LogP) is 5.31. The first-order valence-electron chi connectivity index (χ1n) is 10.7. The number of aromatic nitrogens is 3. The van der Waals surface area contributed by atoms with Crippen LogP contribution in [0.1, 0.15) is 37.5 Å². The van der Waals surface area contributed by atoms with Crippen molar-refractivity contribution in [3.63, 3.8) is 0 Å². The van der Waals surface area contributed by atoms with Gasteiger partial charge in [0.05, 0.1) is 5.69 Å². The number of nitrogens with zero attached hydrogens (tertiary/aromatic N) is 5. The molecule has 1 heterocycles. The zero-order chi connectivity index (χ0) is 22.2. The highest BCUT2D eigenvalue weighted by molar-refractivity contribution is 5.83. The van der Waals surface area contributed by atoms with E-state index < -0.39 is 0 Å². The Hall–Kier alpha value is -3.48. The SMILES string of the molecule is CCNc1nc(Oc2ccc(C=Nc3c(C)cccc3C)cc2)nc(N(CC)CC)n1. The van der Waals surface area contributed by atoms with E-state index in [1.54, 1.807) is 0 Å². The summed E-state index contributed by atoms with van der Waals surface area (Å²) in [6.45, 7) is 12.6. The molecule has 0 bridgehead atoms. The van der Waals surface area contributed by atoms with E-state index in [2.05, 4.69) is 70.0 Å². The maximum atomic E-state index is 5.93. The molecule has 3 aromatic rings. The second kappa shape index (κ2) is 10.5. The predicted molar refractivity (Wildman–Crippen MR) is 127 cm³/mol. The van der Waals surface area contributed by atoms with Crippen LogP contribution in [0.15, 0.2) is 47.5 Å². The minimum Gasteiger partial charge on any atom is -0.424 e. The lowest BCUT2D eigenvalue weighted by Crippen LogP contribution is -2.25. The van der Waals surface area contributed by atoms with Gasteiger partial charge in [0.25, 0.3) is 0 Å². The van der Waals surface area contributed by atoms with Gasteiger partial charge < -0.3 is 15.0 Å². The molecular formula is C24H30N6O. The summed E-state index contributed by atoms with van der Waals surface area (Å²) in [4.78, 5) is 20.1. The summed E-state index contributed by atoms with van der Waals surface area (Å²) in [5, 5.41) is 3.14. The van der Waals surface area contributed by atoms with Crippen LogP contribution in [0.5, 0.6) is 11.8 Å². The van der Waals surface area contributed by atoms with Gasteiger partial charge in [-0.2, -0.15) is 15.0 Å². The third-order valence-electron chi connectivity index (χ3n) is 4.86. The van der Waals surface area contributed by atoms with E-state index in [-0.39, 0.29) is 6.01 Å². The molecule has 1 N–H and O–H groups in total. The molecule has 1 aromatic heterocycles. The van der Waals surface area contributed by atoms with Crippen molar-refractivity contribution in [2.24, 2.45) is 4.99 Å². The molecule has 3 rings (SSSR count). The molecule has 7 heteroatoms. The lowest BCUT2D eigenvalue weighted by Gasteiger charge is -2.19. The normalized spacial score (nSPS) is 11.0. The molecule has 0 saturated carbocycles. The van der Waals surface area contributed by atoms with E-state index >= 15 is 0 Å². The number of aryl methyl sites for hydroxylation is 2. The monoisotopic (exact) mass is 418 g/mol. The van der Waals surface area contributed by atoms with Crippen molar-refractivity contribution in [3.8, 4) is 11.8 Å². The van der Waals surface area contributed by atoms with Gasteiger partial charge in [0.1, 0.15) is 5.75 Å². The van der Waals surface area contributed by atoms with Crippen LogP contribution in [-0.4, -0.2) is 40.8 Å². The molecule has 0 aliphatic rings. The van der Waals surface area contributed by atoms with Gasteiger partial charge in [0.15, 0.2) is 0 Å². The van der Waals surface area contributed by atoms with Crippen LogP contribution >= 0.6 is 0 Å². The van der Waals surface area contributed by atoms with Crippen molar-refractivity contribution < 1.29 is 4.74 Å². The largest absolute Gasteiger partial charge is 0.424 e. The Kier molecular flexibility index (Phi) is 7.54. The number of ether oxygens (including phenoxy) is 1. The number of hydrogen-bond donors (Lipinski definition) is 1. The number of para-hydroxylation sites is 1. The highest BCUT2D eigenvalue weighted by Gasteiger charge is 2.12. The lowest BCUT2D eigenvalue weighted by molar-refractivity contribution is 0.440. The summed E-state index contributed by atoms with van der Waals surface area (Å²) >= 11 is 0. The zero-order valence-electron chi connectivity index (χ0n) is 18.9. The molecule has 0 radical (unpaired) electrons. The first-order chi connectivity index (χ1) is 15.0. The minimum atomic E-state index is 0.268. The Bertz CT molecular complexity index is 1010. The number of rotatable bonds is 9. The molecule has 7 nitrogen and oxygen atoms in total. The van der Waals surface area contributed by atoms with E-state index in [0.717, 1.165) is 42.0 Å². The summed E-state index contributed by atoms with van der Waals surface area (Å²) in [6, 6.07) is 14.2. The average Bonchev–Trinajstić information content (AvgIpc) is 2.75. The average molecular weight is 419 g/mol. The van der Waals surface area contributed by atoms with Gasteiger partial charge in [-0.05, 0) is 75.6 Å². The second-order valence-electron chi connectivity index (χ2n) is 7.11. The molecule has 0 amide bonds. The Labute approximate surface area is 184 Å². The van der Waals surface area contributed by atoms with Crippen molar-refractivity contribution in [1.29, 1.82) is 0 Å². The molecule has 162 valence electrons. The third kappa shape index (κ3) is 5.78. The van der Waals surface area contributed by atoms with Crippen LogP contribution in [0.25, 0.3) is 0 Å². The molecule has 0 unspecified atom stereocenters. The molecule has 0 fully saturated rings. The number of benzene rings is 2. The molecule has 0 saturated heterocycles. The van der Waals surface area contributed by atoms with Gasteiger partial charge in [0, 0.05) is 25.8 Å². The van der Waals surface area contributed by atoms with E-state index in [9.17, 15) is 0 Å². The standard InChI is InChI=1S/C24H30N6O/c1-6-25-22-27-23(30(7-2)8-3)29-24(28-22)31-20-14-12-19(13-15-20)16-26-21-17(4)10-9-11-18(21)5/h9-16H,6-8H2,1-5H3,(H,25,27,28,29). The van der Waals surface area contributed by atoms with Gasteiger partial charge in [-0.15, -0.1) is 0 Å². The summed E-state index contributed by atoms with van der Waals surface area (Å²) in [5.74, 6) is 1.76. The third-order valence-corrected chi connectivity index (χ3v) is 4.86. The number of aliphatic imine (C=N–C) groups is 1. The molecular weight excluding hydrogens is 388 g/mol. The van der Waals surface area contributed by atoms with E-state index in [0.29, 0.717) is 17.6 Å². The molecule has 0 spiro atoms. The van der Waals surface area contributed by atoms with Crippen molar-refractivity contribution in [1.82, 2.24) is 15.0 Å². The van der Waals surface area contributed by atoms with Crippen molar-refractivity contribution >= 4 is 23.8 Å².